The average Bonchev–Trinajstić information content (AvgIpc) is 1.69. The molecule has 3 N–H and O–H groups in total. The number of hydrogen-bond acceptors (Lipinski definition) is 3. The molecule has 0 fully saturated rings. The summed E-state index contributed by atoms with van der Waals surface area (Å²) in [6, 6.07) is 0. The van der Waals surface area contributed by atoms with Crippen molar-refractivity contribution < 1.29 is 4.79 Å². The van der Waals surface area contributed by atoms with Crippen molar-refractivity contribution in [2.45, 2.75) is 0 Å². The second-order valence-electron chi connectivity index (χ2n) is 1.16. The highest BCUT2D eigenvalue weighted by molar-refractivity contribution is 7.83. The second kappa shape index (κ2) is 3.37. The summed E-state index contributed by atoms with van der Waals surface area (Å²) in [7, 11) is 1.60. The maximum absolute atomic E-state index is 10.2. The number of nitrogens with one attached hydrogen (secondary N) is 1. The molecule has 0 radical (unpaired) electrons. The van der Waals surface area contributed by atoms with Crippen LogP contribution in [0.15, 0.2) is 11.1 Å². The number of likely N-dealkylation sites (N-methyl/N-ethyl adjacent to an activating group) is 1. The van der Waals surface area contributed by atoms with E-state index in [4.69, 9.17) is 5.73 Å². The topological polar surface area (TPSA) is 55.1 Å². The summed E-state index contributed by atoms with van der Waals surface area (Å²) in [5.41, 5.74) is 5.15. The maximum atomic E-state index is 10.2. The molecule has 0 aromatic heterocycles. The Morgan fingerprint density at radius 2 is 2.38 bits per heavy atom. The number of rotatable bonds is 2. The normalized spacial score (nSPS) is 11.0. The molecule has 0 aromatic carbocycles. The third-order valence-corrected chi connectivity index (χ3v) is 0.922. The first-order valence-corrected chi connectivity index (χ1v) is 2.56. The molecule has 0 aliphatic heterocycles. The van der Waals surface area contributed by atoms with E-state index in [0.717, 1.165) is 0 Å². The van der Waals surface area contributed by atoms with Gasteiger partial charge in [-0.15, -0.1) is 12.6 Å². The Labute approximate surface area is 53.4 Å². The van der Waals surface area contributed by atoms with Crippen LogP contribution in [0.2, 0.25) is 0 Å². The van der Waals surface area contributed by atoms with Crippen molar-refractivity contribution in [3.05, 3.63) is 11.1 Å². The lowest BCUT2D eigenvalue weighted by Gasteiger charge is -1.96. The van der Waals surface area contributed by atoms with Crippen molar-refractivity contribution in [3.63, 3.8) is 0 Å². The molecule has 4 heteroatoms. The molecule has 0 spiro atoms. The van der Waals surface area contributed by atoms with Crippen LogP contribution in [0.25, 0.3) is 0 Å². The molecular formula is C4H8N2OS. The zero-order chi connectivity index (χ0) is 6.57. The zero-order valence-corrected chi connectivity index (χ0v) is 5.40. The van der Waals surface area contributed by atoms with Gasteiger partial charge in [-0.25, -0.2) is 0 Å². The number of carbonyl (C=O) groups is 1. The smallest absolute Gasteiger partial charge is 0.265 e. The van der Waals surface area contributed by atoms with Crippen molar-refractivity contribution >= 4 is 18.5 Å². The highest BCUT2D eigenvalue weighted by Gasteiger charge is 1.96. The van der Waals surface area contributed by atoms with Gasteiger partial charge in [-0.2, -0.15) is 0 Å². The lowest BCUT2D eigenvalue weighted by Crippen LogP contribution is -2.22. The van der Waals surface area contributed by atoms with Crippen molar-refractivity contribution in [2.24, 2.45) is 5.73 Å². The van der Waals surface area contributed by atoms with Crippen LogP contribution in [0.5, 0.6) is 0 Å². The van der Waals surface area contributed by atoms with Gasteiger partial charge in [0.25, 0.3) is 5.91 Å². The summed E-state index contributed by atoms with van der Waals surface area (Å²) >= 11 is 3.71. The van der Waals surface area contributed by atoms with Gasteiger partial charge in [-0.1, -0.05) is 0 Å². The Morgan fingerprint density at radius 3 is 2.38 bits per heavy atom. The maximum Gasteiger partial charge on any atom is 0.265 e. The fraction of sp³-hybridized carbons (Fsp3) is 0.250. The van der Waals surface area contributed by atoms with Gasteiger partial charge in [-0.05, 0) is 5.41 Å². The number of carbonyl (C=O) groups excluding carboxylic acids is 1. The van der Waals surface area contributed by atoms with E-state index in [1.807, 2.05) is 0 Å². The fourth-order valence-electron chi connectivity index (χ4n) is 0.251. The van der Waals surface area contributed by atoms with Crippen molar-refractivity contribution in [3.8, 4) is 0 Å². The SMILES string of the molecule is CN/C(=C\S)C(N)=O. The molecule has 0 saturated carbocycles. The minimum Gasteiger partial charge on any atom is -0.383 e. The molecule has 0 aromatic rings. The van der Waals surface area contributed by atoms with E-state index in [-0.39, 0.29) is 0 Å². The highest BCUT2D eigenvalue weighted by atomic mass is 32.1. The lowest BCUT2D eigenvalue weighted by atomic mass is 10.5. The number of amides is 1. The summed E-state index contributed by atoms with van der Waals surface area (Å²) in [5, 5.41) is 3.88. The second-order valence-corrected chi connectivity index (χ2v) is 1.42. The first-order valence-electron chi connectivity index (χ1n) is 2.04. The Bertz CT molecular complexity index is 121. The highest BCUT2D eigenvalue weighted by Crippen LogP contribution is 1.86. The van der Waals surface area contributed by atoms with Crippen LogP contribution in [0.1, 0.15) is 0 Å². The molecule has 1 amide bonds. The molecule has 0 heterocycles. The van der Waals surface area contributed by atoms with Crippen LogP contribution in [-0.4, -0.2) is 13.0 Å². The monoisotopic (exact) mass is 132 g/mol. The number of hydrogen-bond donors (Lipinski definition) is 3. The molecule has 0 unspecified atom stereocenters. The molecule has 0 bridgehead atoms. The number of thiol groups is 1. The van der Waals surface area contributed by atoms with Crippen LogP contribution >= 0.6 is 12.6 Å². The Kier molecular flexibility index (Phi) is 3.10. The first kappa shape index (κ1) is 7.36. The molecule has 0 rings (SSSR count). The minimum absolute atomic E-state index is 0.313. The zero-order valence-electron chi connectivity index (χ0n) is 4.51. The van der Waals surface area contributed by atoms with Gasteiger partial charge in [-0.3, -0.25) is 4.79 Å². The largest absolute Gasteiger partial charge is 0.383 e. The van der Waals surface area contributed by atoms with Crippen molar-refractivity contribution in [1.29, 1.82) is 0 Å². The predicted molar refractivity (Wildman–Crippen MR) is 35.3 cm³/mol. The van der Waals surface area contributed by atoms with E-state index in [1.165, 1.54) is 5.41 Å². The molecule has 0 aliphatic rings. The molecule has 0 saturated heterocycles. The third kappa shape index (κ3) is 1.88. The van der Waals surface area contributed by atoms with Gasteiger partial charge in [0.2, 0.25) is 0 Å². The van der Waals surface area contributed by atoms with Crippen LogP contribution < -0.4 is 11.1 Å². The third-order valence-electron chi connectivity index (χ3n) is 0.664. The van der Waals surface area contributed by atoms with Gasteiger partial charge in [0.1, 0.15) is 5.70 Å². The summed E-state index contributed by atoms with van der Waals surface area (Å²) < 4.78 is 0. The molecule has 0 aliphatic carbocycles. The van der Waals surface area contributed by atoms with E-state index in [9.17, 15) is 4.79 Å². The summed E-state index contributed by atoms with van der Waals surface area (Å²) in [5.74, 6) is -0.498. The fourth-order valence-corrected chi connectivity index (χ4v) is 0.508. The minimum atomic E-state index is -0.498. The van der Waals surface area contributed by atoms with Crippen molar-refractivity contribution in [1.82, 2.24) is 5.32 Å². The van der Waals surface area contributed by atoms with E-state index >= 15 is 0 Å². The first-order chi connectivity index (χ1) is 3.72. The van der Waals surface area contributed by atoms with Gasteiger partial charge < -0.3 is 11.1 Å². The van der Waals surface area contributed by atoms with E-state index in [1.54, 1.807) is 7.05 Å². The number of nitrogens with two attached hydrogens (primary N) is 1. The quantitative estimate of drug-likeness (QED) is 0.349. The molecule has 3 nitrogen and oxygen atoms in total. The molecule has 46 valence electrons. The standard InChI is InChI=1S/C4H8N2OS/c1-6-3(2-8)4(5)7/h2,6,8H,1H3,(H2,5,7)/b3-2-. The van der Waals surface area contributed by atoms with Crippen LogP contribution in [0, 0.1) is 0 Å². The average molecular weight is 132 g/mol. The number of primary amides is 1. The Morgan fingerprint density at radius 1 is 1.88 bits per heavy atom. The van der Waals surface area contributed by atoms with Gasteiger partial charge >= 0.3 is 0 Å². The predicted octanol–water partition coefficient (Wildman–Crippen LogP) is -0.538. The summed E-state index contributed by atoms with van der Waals surface area (Å²) in [4.78, 5) is 10.2. The summed E-state index contributed by atoms with van der Waals surface area (Å²) in [6.45, 7) is 0. The van der Waals surface area contributed by atoms with E-state index < -0.39 is 5.91 Å². The van der Waals surface area contributed by atoms with Crippen LogP contribution in [0.3, 0.4) is 0 Å². The van der Waals surface area contributed by atoms with Gasteiger partial charge in [0, 0.05) is 7.05 Å². The van der Waals surface area contributed by atoms with E-state index in [0.29, 0.717) is 5.70 Å². The van der Waals surface area contributed by atoms with Crippen LogP contribution in [0.4, 0.5) is 0 Å². The van der Waals surface area contributed by atoms with Gasteiger partial charge in [0.15, 0.2) is 0 Å². The Hall–Kier alpha value is -0.640. The van der Waals surface area contributed by atoms with Gasteiger partial charge in [0.05, 0.1) is 0 Å². The van der Waals surface area contributed by atoms with Crippen LogP contribution in [-0.2, 0) is 4.79 Å². The lowest BCUT2D eigenvalue weighted by molar-refractivity contribution is -0.114. The molecule has 8 heavy (non-hydrogen) atoms. The summed E-state index contributed by atoms with van der Waals surface area (Å²) in [6.07, 6.45) is 0. The molecular weight excluding hydrogens is 124 g/mol. The molecule has 0 atom stereocenters. The van der Waals surface area contributed by atoms with Crippen molar-refractivity contribution in [2.75, 3.05) is 7.05 Å². The Balaban J connectivity index is 3.92. The van der Waals surface area contributed by atoms with E-state index in [2.05, 4.69) is 17.9 Å².